The van der Waals surface area contributed by atoms with Crippen LogP contribution in [0.2, 0.25) is 5.02 Å². The van der Waals surface area contributed by atoms with Gasteiger partial charge in [-0.05, 0) is 12.1 Å². The van der Waals surface area contributed by atoms with Crippen LogP contribution in [0.4, 0.5) is 4.39 Å². The van der Waals surface area contributed by atoms with Gasteiger partial charge in [0, 0.05) is 28.3 Å². The number of nitrogens with one attached hydrogen (secondary N) is 1. The summed E-state index contributed by atoms with van der Waals surface area (Å²) in [5.74, 6) is -2.86. The molecule has 0 bridgehead atoms. The highest BCUT2D eigenvalue weighted by Gasteiger charge is 2.21. The second kappa shape index (κ2) is 7.35. The third-order valence-electron chi connectivity index (χ3n) is 2.36. The second-order valence-corrected chi connectivity index (χ2v) is 6.02. The number of carboxylic acids is 1. The molecule has 1 rings (SSSR count). The SMILES string of the molecule is CC(=O)N[C@@H](CS(=O)Cc1ccc(Cl)cc1F)C(=O)O. The van der Waals surface area contributed by atoms with Crippen LogP contribution >= 0.6 is 11.6 Å². The van der Waals surface area contributed by atoms with Gasteiger partial charge in [-0.25, -0.2) is 9.18 Å². The van der Waals surface area contributed by atoms with Crippen LogP contribution in [0.3, 0.4) is 0 Å². The lowest BCUT2D eigenvalue weighted by molar-refractivity contribution is -0.140. The number of carbonyl (C=O) groups excluding carboxylic acids is 1. The van der Waals surface area contributed by atoms with E-state index < -0.39 is 34.5 Å². The average molecular weight is 322 g/mol. The number of carboxylic acid groups (broad SMARTS) is 1. The van der Waals surface area contributed by atoms with Crippen molar-refractivity contribution in [1.29, 1.82) is 0 Å². The molecule has 8 heteroatoms. The van der Waals surface area contributed by atoms with Crippen molar-refractivity contribution in [3.8, 4) is 0 Å². The maximum Gasteiger partial charge on any atom is 0.327 e. The molecule has 1 amide bonds. The monoisotopic (exact) mass is 321 g/mol. The van der Waals surface area contributed by atoms with E-state index >= 15 is 0 Å². The summed E-state index contributed by atoms with van der Waals surface area (Å²) in [5, 5.41) is 11.3. The van der Waals surface area contributed by atoms with Crippen LogP contribution < -0.4 is 5.32 Å². The van der Waals surface area contributed by atoms with E-state index in [4.69, 9.17) is 16.7 Å². The average Bonchev–Trinajstić information content (AvgIpc) is 2.31. The molecular weight excluding hydrogens is 309 g/mol. The van der Waals surface area contributed by atoms with E-state index in [1.807, 2.05) is 0 Å². The molecule has 2 N–H and O–H groups in total. The van der Waals surface area contributed by atoms with Crippen molar-refractivity contribution in [1.82, 2.24) is 5.32 Å². The fourth-order valence-corrected chi connectivity index (χ4v) is 2.93. The van der Waals surface area contributed by atoms with E-state index in [1.54, 1.807) is 0 Å². The van der Waals surface area contributed by atoms with Crippen molar-refractivity contribution in [3.63, 3.8) is 0 Å². The summed E-state index contributed by atoms with van der Waals surface area (Å²) in [6.45, 7) is 1.16. The molecule has 2 atom stereocenters. The second-order valence-electron chi connectivity index (χ2n) is 4.08. The molecule has 0 radical (unpaired) electrons. The molecule has 0 heterocycles. The maximum atomic E-state index is 13.5. The predicted octanol–water partition coefficient (Wildman–Crippen LogP) is 1.32. The molecule has 110 valence electrons. The van der Waals surface area contributed by atoms with E-state index in [9.17, 15) is 18.2 Å². The van der Waals surface area contributed by atoms with Gasteiger partial charge >= 0.3 is 5.97 Å². The van der Waals surface area contributed by atoms with Gasteiger partial charge in [0.05, 0.1) is 11.5 Å². The van der Waals surface area contributed by atoms with Crippen LogP contribution in [0.1, 0.15) is 12.5 Å². The van der Waals surface area contributed by atoms with Crippen molar-refractivity contribution >= 4 is 34.3 Å². The molecule has 0 aliphatic rings. The number of aliphatic carboxylic acids is 1. The van der Waals surface area contributed by atoms with E-state index in [-0.39, 0.29) is 22.1 Å². The molecular formula is C12H13ClFNO4S. The molecule has 1 aromatic rings. The first-order chi connectivity index (χ1) is 9.29. The van der Waals surface area contributed by atoms with Gasteiger partial charge in [0.25, 0.3) is 0 Å². The lowest BCUT2D eigenvalue weighted by atomic mass is 10.2. The minimum atomic E-state index is -1.63. The van der Waals surface area contributed by atoms with Crippen LogP contribution in [-0.2, 0) is 26.1 Å². The minimum Gasteiger partial charge on any atom is -0.480 e. The van der Waals surface area contributed by atoms with Gasteiger partial charge in [0.2, 0.25) is 5.91 Å². The summed E-state index contributed by atoms with van der Waals surface area (Å²) in [6, 6.07) is 2.68. The number of benzene rings is 1. The van der Waals surface area contributed by atoms with Gasteiger partial charge in [0.1, 0.15) is 11.9 Å². The Morgan fingerprint density at radius 3 is 2.65 bits per heavy atom. The Balaban J connectivity index is 2.70. The highest BCUT2D eigenvalue weighted by Crippen LogP contribution is 2.16. The van der Waals surface area contributed by atoms with Gasteiger partial charge in [-0.3, -0.25) is 9.00 Å². The third kappa shape index (κ3) is 5.26. The largest absolute Gasteiger partial charge is 0.480 e. The highest BCUT2D eigenvalue weighted by molar-refractivity contribution is 7.84. The topological polar surface area (TPSA) is 83.5 Å². The molecule has 0 saturated carbocycles. The molecule has 5 nitrogen and oxygen atoms in total. The van der Waals surface area contributed by atoms with Crippen molar-refractivity contribution in [2.24, 2.45) is 0 Å². The zero-order valence-corrected chi connectivity index (χ0v) is 12.1. The molecule has 0 aromatic heterocycles. The Kier molecular flexibility index (Phi) is 6.09. The molecule has 0 saturated heterocycles. The van der Waals surface area contributed by atoms with Crippen LogP contribution in [0.15, 0.2) is 18.2 Å². The van der Waals surface area contributed by atoms with Crippen LogP contribution in [0, 0.1) is 5.82 Å². The van der Waals surface area contributed by atoms with Crippen LogP contribution in [-0.4, -0.2) is 33.0 Å². The zero-order chi connectivity index (χ0) is 15.3. The summed E-state index contributed by atoms with van der Waals surface area (Å²) in [4.78, 5) is 21.7. The first-order valence-corrected chi connectivity index (χ1v) is 7.45. The fraction of sp³-hybridized carbons (Fsp3) is 0.333. The Labute approximate surface area is 122 Å². The van der Waals surface area contributed by atoms with Gasteiger partial charge in [-0.2, -0.15) is 0 Å². The number of hydrogen-bond acceptors (Lipinski definition) is 3. The first-order valence-electron chi connectivity index (χ1n) is 5.58. The Morgan fingerprint density at radius 1 is 1.50 bits per heavy atom. The lowest BCUT2D eigenvalue weighted by Gasteiger charge is -2.13. The molecule has 20 heavy (non-hydrogen) atoms. The number of amides is 1. The normalized spacial score (nSPS) is 13.6. The highest BCUT2D eigenvalue weighted by atomic mass is 35.5. The molecule has 0 aliphatic carbocycles. The smallest absolute Gasteiger partial charge is 0.327 e. The van der Waals surface area contributed by atoms with Crippen molar-refractivity contribution in [2.45, 2.75) is 18.7 Å². The fourth-order valence-electron chi connectivity index (χ4n) is 1.48. The van der Waals surface area contributed by atoms with Gasteiger partial charge in [-0.1, -0.05) is 17.7 Å². The zero-order valence-electron chi connectivity index (χ0n) is 10.6. The van der Waals surface area contributed by atoms with Crippen molar-refractivity contribution in [3.05, 3.63) is 34.6 Å². The summed E-state index contributed by atoms with van der Waals surface area (Å²) in [7, 11) is -1.63. The van der Waals surface area contributed by atoms with Crippen LogP contribution in [0.5, 0.6) is 0 Å². The van der Waals surface area contributed by atoms with E-state index in [0.717, 1.165) is 13.0 Å². The summed E-state index contributed by atoms with van der Waals surface area (Å²) < 4.78 is 25.4. The third-order valence-corrected chi connectivity index (χ3v) is 3.93. The lowest BCUT2D eigenvalue weighted by Crippen LogP contribution is -2.43. The summed E-state index contributed by atoms with van der Waals surface area (Å²) in [6.07, 6.45) is 0. The predicted molar refractivity (Wildman–Crippen MR) is 73.4 cm³/mol. The van der Waals surface area contributed by atoms with Crippen molar-refractivity contribution < 1.29 is 23.3 Å². The first kappa shape index (κ1) is 16.6. The summed E-state index contributed by atoms with van der Waals surface area (Å²) in [5.41, 5.74) is 0.180. The quantitative estimate of drug-likeness (QED) is 0.827. The Morgan fingerprint density at radius 2 is 2.15 bits per heavy atom. The number of hydrogen-bond donors (Lipinski definition) is 2. The number of rotatable bonds is 6. The molecule has 1 unspecified atom stereocenters. The Bertz CT molecular complexity index is 552. The van der Waals surface area contributed by atoms with Gasteiger partial charge in [-0.15, -0.1) is 0 Å². The van der Waals surface area contributed by atoms with Crippen LogP contribution in [0.25, 0.3) is 0 Å². The number of halogens is 2. The minimum absolute atomic E-state index is 0.146. The molecule has 1 aromatic carbocycles. The van der Waals surface area contributed by atoms with E-state index in [2.05, 4.69) is 5.32 Å². The molecule has 0 spiro atoms. The Hall–Kier alpha value is -1.47. The van der Waals surface area contributed by atoms with E-state index in [0.29, 0.717) is 0 Å². The van der Waals surface area contributed by atoms with E-state index in [1.165, 1.54) is 12.1 Å². The standard InChI is InChI=1S/C12H13ClFNO4S/c1-7(16)15-11(12(17)18)6-20(19)5-8-2-3-9(13)4-10(8)14/h2-4,11H,5-6H2,1H3,(H,15,16)(H,17,18)/t11-,20?/m0/s1. The molecule has 0 fully saturated rings. The summed E-state index contributed by atoms with van der Waals surface area (Å²) >= 11 is 5.60. The maximum absolute atomic E-state index is 13.5. The number of carbonyl (C=O) groups is 2. The van der Waals surface area contributed by atoms with Gasteiger partial charge < -0.3 is 10.4 Å². The molecule has 0 aliphatic heterocycles. The van der Waals surface area contributed by atoms with Crippen molar-refractivity contribution in [2.75, 3.05) is 5.75 Å². The van der Waals surface area contributed by atoms with Gasteiger partial charge in [0.15, 0.2) is 0 Å².